The third kappa shape index (κ3) is 2.78. The van der Waals surface area contributed by atoms with E-state index in [1.807, 2.05) is 19.1 Å². The van der Waals surface area contributed by atoms with E-state index in [1.54, 1.807) is 11.3 Å². The molecule has 0 aliphatic carbocycles. The second-order valence-corrected chi connectivity index (χ2v) is 7.64. The van der Waals surface area contributed by atoms with Gasteiger partial charge in [0.05, 0.1) is 8.61 Å². The molecular formula is C13H11Br2ClS. The van der Waals surface area contributed by atoms with Crippen LogP contribution < -0.4 is 0 Å². The lowest BCUT2D eigenvalue weighted by Gasteiger charge is -2.11. The lowest BCUT2D eigenvalue weighted by Crippen LogP contribution is -1.92. The third-order valence-corrected chi connectivity index (χ3v) is 6.63. The maximum absolute atomic E-state index is 6.35. The van der Waals surface area contributed by atoms with E-state index in [0.29, 0.717) is 0 Å². The Hall–Kier alpha value is 0.170. The fourth-order valence-electron chi connectivity index (χ4n) is 1.63. The Morgan fingerprint density at radius 3 is 2.53 bits per heavy atom. The summed E-state index contributed by atoms with van der Waals surface area (Å²) in [6.07, 6.45) is 0. The molecule has 0 saturated carbocycles. The van der Waals surface area contributed by atoms with Crippen molar-refractivity contribution >= 4 is 54.8 Å². The fourth-order valence-corrected chi connectivity index (χ4v) is 4.36. The molecule has 2 rings (SSSR count). The zero-order chi connectivity index (χ0) is 12.6. The second kappa shape index (κ2) is 5.43. The normalized spacial score (nSPS) is 12.8. The number of rotatable bonds is 2. The van der Waals surface area contributed by atoms with Crippen LogP contribution in [-0.4, -0.2) is 0 Å². The van der Waals surface area contributed by atoms with Gasteiger partial charge in [-0.15, -0.1) is 11.3 Å². The maximum Gasteiger partial charge on any atom is 0.0753 e. The molecule has 17 heavy (non-hydrogen) atoms. The van der Waals surface area contributed by atoms with Crippen molar-refractivity contribution < 1.29 is 0 Å². The number of thiophene rings is 1. The zero-order valence-electron chi connectivity index (χ0n) is 9.43. The van der Waals surface area contributed by atoms with Crippen molar-refractivity contribution in [2.45, 2.75) is 18.7 Å². The molecule has 0 fully saturated rings. The first-order chi connectivity index (χ1) is 8.00. The zero-order valence-corrected chi connectivity index (χ0v) is 14.2. The van der Waals surface area contributed by atoms with Crippen LogP contribution in [0.25, 0.3) is 0 Å². The van der Waals surface area contributed by atoms with Crippen LogP contribution in [0.2, 0.25) is 5.02 Å². The third-order valence-electron chi connectivity index (χ3n) is 2.62. The minimum Gasteiger partial charge on any atom is -0.131 e. The van der Waals surface area contributed by atoms with Crippen LogP contribution in [-0.2, 0) is 0 Å². The minimum atomic E-state index is 0.157. The van der Waals surface area contributed by atoms with Crippen LogP contribution in [0.5, 0.6) is 0 Å². The van der Waals surface area contributed by atoms with Gasteiger partial charge in [0.1, 0.15) is 0 Å². The van der Waals surface area contributed by atoms with Crippen LogP contribution in [0.4, 0.5) is 0 Å². The fraction of sp³-hybridized carbons (Fsp3) is 0.231. The van der Waals surface area contributed by atoms with Gasteiger partial charge in [0.25, 0.3) is 0 Å². The molecule has 1 atom stereocenters. The molecule has 1 aromatic carbocycles. The first kappa shape index (κ1) is 13.6. The molecule has 4 heteroatoms. The van der Waals surface area contributed by atoms with Gasteiger partial charge < -0.3 is 0 Å². The topological polar surface area (TPSA) is 0 Å². The molecule has 0 aliphatic heterocycles. The van der Waals surface area contributed by atoms with E-state index in [-0.39, 0.29) is 4.83 Å². The van der Waals surface area contributed by atoms with Crippen molar-refractivity contribution in [1.29, 1.82) is 0 Å². The summed E-state index contributed by atoms with van der Waals surface area (Å²) in [6, 6.07) is 8.33. The molecule has 0 aliphatic rings. The highest BCUT2D eigenvalue weighted by molar-refractivity contribution is 9.11. The molecule has 0 bridgehead atoms. The monoisotopic (exact) mass is 392 g/mol. The SMILES string of the molecule is Cc1cc(C(Br)c2cccc(C)c2Cl)sc1Br. The van der Waals surface area contributed by atoms with Gasteiger partial charge in [-0.05, 0) is 52.5 Å². The highest BCUT2D eigenvalue weighted by Crippen LogP contribution is 2.41. The Balaban J connectivity index is 2.43. The summed E-state index contributed by atoms with van der Waals surface area (Å²) in [5.41, 5.74) is 3.50. The Bertz CT molecular complexity index is 529. The molecule has 1 aromatic heterocycles. The highest BCUT2D eigenvalue weighted by atomic mass is 79.9. The lowest BCUT2D eigenvalue weighted by molar-refractivity contribution is 1.20. The maximum atomic E-state index is 6.35. The van der Waals surface area contributed by atoms with Gasteiger partial charge in [-0.3, -0.25) is 0 Å². The van der Waals surface area contributed by atoms with Gasteiger partial charge in [0, 0.05) is 9.90 Å². The molecule has 1 unspecified atom stereocenters. The van der Waals surface area contributed by atoms with Crippen LogP contribution >= 0.6 is 54.8 Å². The van der Waals surface area contributed by atoms with Gasteiger partial charge in [0.15, 0.2) is 0 Å². The molecule has 1 heterocycles. The summed E-state index contributed by atoms with van der Waals surface area (Å²) < 4.78 is 1.18. The molecule has 0 radical (unpaired) electrons. The van der Waals surface area contributed by atoms with E-state index >= 15 is 0 Å². The van der Waals surface area contributed by atoms with Crippen molar-refractivity contribution in [3.63, 3.8) is 0 Å². The molecule has 0 saturated heterocycles. The van der Waals surface area contributed by atoms with Gasteiger partial charge in [-0.25, -0.2) is 0 Å². The van der Waals surface area contributed by atoms with Crippen LogP contribution in [0, 0.1) is 13.8 Å². The summed E-state index contributed by atoms with van der Waals surface area (Å²) in [6.45, 7) is 4.13. The molecule has 0 N–H and O–H groups in total. The average molecular weight is 395 g/mol. The van der Waals surface area contributed by atoms with Crippen molar-refractivity contribution in [3.8, 4) is 0 Å². The molecular weight excluding hydrogens is 383 g/mol. The summed E-state index contributed by atoms with van der Waals surface area (Å²) >= 11 is 15.4. The molecule has 0 nitrogen and oxygen atoms in total. The molecule has 2 aromatic rings. The number of hydrogen-bond acceptors (Lipinski definition) is 1. The summed E-state index contributed by atoms with van der Waals surface area (Å²) in [5, 5.41) is 0.844. The summed E-state index contributed by atoms with van der Waals surface area (Å²) in [5.74, 6) is 0. The predicted octanol–water partition coefficient (Wildman–Crippen LogP) is 6.27. The van der Waals surface area contributed by atoms with E-state index in [9.17, 15) is 0 Å². The first-order valence-corrected chi connectivity index (χ1v) is 8.06. The Morgan fingerprint density at radius 1 is 1.24 bits per heavy atom. The van der Waals surface area contributed by atoms with E-state index < -0.39 is 0 Å². The Labute approximate surface area is 127 Å². The largest absolute Gasteiger partial charge is 0.131 e. The Kier molecular flexibility index (Phi) is 4.35. The van der Waals surface area contributed by atoms with E-state index in [1.165, 1.54) is 14.2 Å². The number of alkyl halides is 1. The number of halogens is 3. The average Bonchev–Trinajstić information content (AvgIpc) is 2.62. The number of aryl methyl sites for hydroxylation is 2. The van der Waals surface area contributed by atoms with Crippen LogP contribution in [0.1, 0.15) is 26.4 Å². The Morgan fingerprint density at radius 2 is 1.94 bits per heavy atom. The molecule has 0 spiro atoms. The van der Waals surface area contributed by atoms with Crippen molar-refractivity contribution in [3.05, 3.63) is 54.6 Å². The number of hydrogen-bond donors (Lipinski definition) is 0. The molecule has 90 valence electrons. The van der Waals surface area contributed by atoms with Crippen LogP contribution in [0.15, 0.2) is 28.1 Å². The van der Waals surface area contributed by atoms with E-state index in [0.717, 1.165) is 16.1 Å². The lowest BCUT2D eigenvalue weighted by atomic mass is 10.1. The van der Waals surface area contributed by atoms with Crippen molar-refractivity contribution in [2.75, 3.05) is 0 Å². The predicted molar refractivity (Wildman–Crippen MR) is 83.7 cm³/mol. The number of benzene rings is 1. The molecule has 0 amide bonds. The summed E-state index contributed by atoms with van der Waals surface area (Å²) in [4.78, 5) is 1.42. The minimum absolute atomic E-state index is 0.157. The van der Waals surface area contributed by atoms with E-state index in [2.05, 4.69) is 50.9 Å². The first-order valence-electron chi connectivity index (χ1n) is 5.15. The van der Waals surface area contributed by atoms with Crippen molar-refractivity contribution in [1.82, 2.24) is 0 Å². The van der Waals surface area contributed by atoms with Gasteiger partial charge >= 0.3 is 0 Å². The standard InChI is InChI=1S/C13H11Br2ClS/c1-7-4-3-5-9(12(7)16)11(14)10-6-8(2)13(15)17-10/h3-6,11H,1-2H3. The van der Waals surface area contributed by atoms with E-state index in [4.69, 9.17) is 11.6 Å². The van der Waals surface area contributed by atoms with Gasteiger partial charge in [0.2, 0.25) is 0 Å². The highest BCUT2D eigenvalue weighted by Gasteiger charge is 2.17. The summed E-state index contributed by atoms with van der Waals surface area (Å²) in [7, 11) is 0. The van der Waals surface area contributed by atoms with Gasteiger partial charge in [-0.1, -0.05) is 45.7 Å². The van der Waals surface area contributed by atoms with Crippen molar-refractivity contribution in [2.24, 2.45) is 0 Å². The quantitative estimate of drug-likeness (QED) is 0.527. The van der Waals surface area contributed by atoms with Gasteiger partial charge in [-0.2, -0.15) is 0 Å². The van der Waals surface area contributed by atoms with Crippen LogP contribution in [0.3, 0.4) is 0 Å². The second-order valence-electron chi connectivity index (χ2n) is 3.95. The smallest absolute Gasteiger partial charge is 0.0753 e.